The van der Waals surface area contributed by atoms with Crippen LogP contribution in [-0.4, -0.2) is 36.8 Å². The number of quaternary nitrogens is 1. The predicted octanol–water partition coefficient (Wildman–Crippen LogP) is 1.69. The van der Waals surface area contributed by atoms with Gasteiger partial charge in [-0.05, 0) is 39.7 Å². The van der Waals surface area contributed by atoms with Crippen LogP contribution in [-0.2, 0) is 22.9 Å². The summed E-state index contributed by atoms with van der Waals surface area (Å²) >= 11 is 0. The molecule has 0 saturated carbocycles. The third-order valence-corrected chi connectivity index (χ3v) is 7.25. The molecule has 5 nitrogen and oxygen atoms in total. The highest BCUT2D eigenvalue weighted by molar-refractivity contribution is 7.91. The van der Waals surface area contributed by atoms with Gasteiger partial charge in [0.05, 0.1) is 35.9 Å². The van der Waals surface area contributed by atoms with Gasteiger partial charge in [0.25, 0.3) is 0 Å². The Balaban J connectivity index is 1.76. The van der Waals surface area contributed by atoms with Crippen LogP contribution >= 0.6 is 0 Å². The second kappa shape index (κ2) is 7.16. The van der Waals surface area contributed by atoms with Gasteiger partial charge in [0.2, 0.25) is 0 Å². The Labute approximate surface area is 156 Å². The van der Waals surface area contributed by atoms with E-state index in [2.05, 4.69) is 51.1 Å². The molecule has 142 valence electrons. The first kappa shape index (κ1) is 19.1. The maximum Gasteiger partial charge on any atom is 0.152 e. The molecule has 3 rings (SSSR count). The van der Waals surface area contributed by atoms with Crippen LogP contribution in [0.2, 0.25) is 0 Å². The third-order valence-electron chi connectivity index (χ3n) is 5.50. The Morgan fingerprint density at radius 1 is 1.19 bits per heavy atom. The van der Waals surface area contributed by atoms with Crippen LogP contribution in [0.5, 0.6) is 0 Å². The summed E-state index contributed by atoms with van der Waals surface area (Å²) in [4.78, 5) is 1.41. The largest absolute Gasteiger partial charge is 0.330 e. The minimum Gasteiger partial charge on any atom is -0.330 e. The van der Waals surface area contributed by atoms with Crippen molar-refractivity contribution in [2.75, 3.05) is 18.6 Å². The SMILES string of the molecule is Cc1ccc(C)c(C[NH+](C)Cc2c(C)nn([C@@H]3CCS(=O)(=O)C3)c2C)c1. The van der Waals surface area contributed by atoms with E-state index in [1.165, 1.54) is 27.2 Å². The van der Waals surface area contributed by atoms with Crippen LogP contribution in [0, 0.1) is 27.7 Å². The van der Waals surface area contributed by atoms with Crippen LogP contribution in [0.1, 0.15) is 46.1 Å². The summed E-state index contributed by atoms with van der Waals surface area (Å²) in [6.45, 7) is 10.3. The lowest BCUT2D eigenvalue weighted by atomic mass is 10.0. The highest BCUT2D eigenvalue weighted by atomic mass is 32.2. The second-order valence-corrected chi connectivity index (χ2v) is 10.1. The molecule has 2 atom stereocenters. The van der Waals surface area contributed by atoms with E-state index in [9.17, 15) is 8.42 Å². The number of benzene rings is 1. The number of nitrogens with zero attached hydrogens (tertiary/aromatic N) is 2. The molecular formula is C20H30N3O2S+. The van der Waals surface area contributed by atoms with E-state index in [1.807, 2.05) is 11.6 Å². The van der Waals surface area contributed by atoms with E-state index in [0.717, 1.165) is 24.5 Å². The maximum absolute atomic E-state index is 11.8. The third kappa shape index (κ3) is 4.01. The van der Waals surface area contributed by atoms with Crippen molar-refractivity contribution in [2.24, 2.45) is 0 Å². The van der Waals surface area contributed by atoms with Gasteiger partial charge in [-0.1, -0.05) is 23.8 Å². The van der Waals surface area contributed by atoms with Crippen LogP contribution in [0.3, 0.4) is 0 Å². The molecule has 1 unspecified atom stereocenters. The molecule has 0 amide bonds. The molecule has 2 aromatic rings. The first-order chi connectivity index (χ1) is 12.2. The van der Waals surface area contributed by atoms with Crippen LogP contribution < -0.4 is 4.90 Å². The van der Waals surface area contributed by atoms with Gasteiger partial charge >= 0.3 is 0 Å². The molecule has 6 heteroatoms. The molecule has 1 aliphatic rings. The first-order valence-corrected chi connectivity index (χ1v) is 11.1. The van der Waals surface area contributed by atoms with Crippen LogP contribution in [0.15, 0.2) is 18.2 Å². The van der Waals surface area contributed by atoms with E-state index in [-0.39, 0.29) is 17.5 Å². The molecule has 0 aliphatic carbocycles. The maximum atomic E-state index is 11.8. The predicted molar refractivity (Wildman–Crippen MR) is 104 cm³/mol. The molecule has 0 spiro atoms. The lowest BCUT2D eigenvalue weighted by Crippen LogP contribution is -3.06. The molecule has 1 aromatic heterocycles. The number of hydrogen-bond donors (Lipinski definition) is 1. The minimum absolute atomic E-state index is 0.00762. The van der Waals surface area contributed by atoms with Crippen LogP contribution in [0.25, 0.3) is 0 Å². The van der Waals surface area contributed by atoms with Crippen molar-refractivity contribution in [2.45, 2.75) is 53.2 Å². The molecule has 1 aromatic carbocycles. The van der Waals surface area contributed by atoms with E-state index in [4.69, 9.17) is 0 Å². The fourth-order valence-corrected chi connectivity index (χ4v) is 5.65. The quantitative estimate of drug-likeness (QED) is 0.864. The van der Waals surface area contributed by atoms with E-state index >= 15 is 0 Å². The van der Waals surface area contributed by atoms with Crippen LogP contribution in [0.4, 0.5) is 0 Å². The van der Waals surface area contributed by atoms with Crippen molar-refractivity contribution in [3.63, 3.8) is 0 Å². The smallest absolute Gasteiger partial charge is 0.152 e. The van der Waals surface area contributed by atoms with Gasteiger partial charge in [0, 0.05) is 11.3 Å². The molecule has 1 aliphatic heterocycles. The number of rotatable bonds is 5. The number of aryl methyl sites for hydroxylation is 3. The highest BCUT2D eigenvalue weighted by Gasteiger charge is 2.31. The number of hydrogen-bond acceptors (Lipinski definition) is 3. The molecule has 2 heterocycles. The van der Waals surface area contributed by atoms with Gasteiger partial charge in [-0.2, -0.15) is 5.10 Å². The molecule has 1 saturated heterocycles. The van der Waals surface area contributed by atoms with Crippen molar-refractivity contribution in [1.29, 1.82) is 0 Å². The Kier molecular flexibility index (Phi) is 5.26. The zero-order valence-electron chi connectivity index (χ0n) is 16.5. The fraction of sp³-hybridized carbons (Fsp3) is 0.550. The number of nitrogens with one attached hydrogen (secondary N) is 1. The first-order valence-electron chi connectivity index (χ1n) is 9.28. The van der Waals surface area contributed by atoms with Gasteiger partial charge in [0.15, 0.2) is 9.84 Å². The summed E-state index contributed by atoms with van der Waals surface area (Å²) < 4.78 is 25.6. The molecular weight excluding hydrogens is 346 g/mol. The Morgan fingerprint density at radius 2 is 1.92 bits per heavy atom. The zero-order chi connectivity index (χ0) is 19.1. The monoisotopic (exact) mass is 376 g/mol. The summed E-state index contributed by atoms with van der Waals surface area (Å²) in [6.07, 6.45) is 0.676. The van der Waals surface area contributed by atoms with Crippen molar-refractivity contribution in [3.05, 3.63) is 51.8 Å². The van der Waals surface area contributed by atoms with E-state index in [0.29, 0.717) is 6.42 Å². The van der Waals surface area contributed by atoms with Gasteiger partial charge in [-0.3, -0.25) is 4.68 Å². The van der Waals surface area contributed by atoms with Gasteiger partial charge in [-0.15, -0.1) is 0 Å². The van der Waals surface area contributed by atoms with Crippen molar-refractivity contribution in [1.82, 2.24) is 9.78 Å². The summed E-state index contributed by atoms with van der Waals surface area (Å²) in [5.74, 6) is 0.503. The number of sulfone groups is 1. The Hall–Kier alpha value is -1.66. The molecule has 0 radical (unpaired) electrons. The zero-order valence-corrected chi connectivity index (χ0v) is 17.3. The number of aromatic nitrogens is 2. The molecule has 0 bridgehead atoms. The summed E-state index contributed by atoms with van der Waals surface area (Å²) in [6, 6.07) is 6.60. The second-order valence-electron chi connectivity index (χ2n) is 7.89. The Morgan fingerprint density at radius 3 is 2.58 bits per heavy atom. The van der Waals surface area contributed by atoms with Gasteiger partial charge in [-0.25, -0.2) is 8.42 Å². The topological polar surface area (TPSA) is 56.4 Å². The average Bonchev–Trinajstić information content (AvgIpc) is 3.04. The van der Waals surface area contributed by atoms with Gasteiger partial charge in [0.1, 0.15) is 13.1 Å². The van der Waals surface area contributed by atoms with Gasteiger partial charge < -0.3 is 4.90 Å². The molecule has 1 N–H and O–H groups in total. The van der Waals surface area contributed by atoms with E-state index < -0.39 is 9.84 Å². The van der Waals surface area contributed by atoms with E-state index in [1.54, 1.807) is 0 Å². The van der Waals surface area contributed by atoms with Crippen molar-refractivity contribution < 1.29 is 13.3 Å². The highest BCUT2D eigenvalue weighted by Crippen LogP contribution is 2.26. The average molecular weight is 377 g/mol. The summed E-state index contributed by atoms with van der Waals surface area (Å²) in [5, 5.41) is 4.69. The molecule has 26 heavy (non-hydrogen) atoms. The normalized spacial score (nSPS) is 20.4. The van der Waals surface area contributed by atoms with Crippen molar-refractivity contribution >= 4 is 9.84 Å². The lowest BCUT2D eigenvalue weighted by Gasteiger charge is -2.17. The fourth-order valence-electron chi connectivity index (χ4n) is 3.96. The minimum atomic E-state index is -2.90. The lowest BCUT2D eigenvalue weighted by molar-refractivity contribution is -0.907. The molecule has 1 fully saturated rings. The Bertz CT molecular complexity index is 915. The summed E-state index contributed by atoms with van der Waals surface area (Å²) in [7, 11) is -0.696. The standard InChI is InChI=1S/C20H29N3O2S/c1-14-6-7-15(2)18(10-14)11-22(5)12-20-16(3)21-23(17(20)4)19-8-9-26(24,25)13-19/h6-7,10,19H,8-9,11-13H2,1-5H3/p+1/t19-/m1/s1. The summed E-state index contributed by atoms with van der Waals surface area (Å²) in [5.41, 5.74) is 7.39. The van der Waals surface area contributed by atoms with Crippen molar-refractivity contribution in [3.8, 4) is 0 Å².